The Bertz CT molecular complexity index is 971. The largest absolute Gasteiger partial charge is 0.381 e. The van der Waals surface area contributed by atoms with Crippen molar-refractivity contribution in [3.63, 3.8) is 0 Å². The lowest BCUT2D eigenvalue weighted by Crippen LogP contribution is -2.15. The fraction of sp³-hybridized carbons (Fsp3) is 0.318. The second-order valence-corrected chi connectivity index (χ2v) is 9.65. The molecule has 1 aliphatic rings. The van der Waals surface area contributed by atoms with E-state index in [1.54, 1.807) is 23.1 Å². The van der Waals surface area contributed by atoms with E-state index in [1.807, 2.05) is 12.1 Å². The first kappa shape index (κ1) is 19.9. The zero-order chi connectivity index (χ0) is 19.5. The van der Waals surface area contributed by atoms with E-state index in [9.17, 15) is 0 Å². The number of thiazole rings is 1. The van der Waals surface area contributed by atoms with Gasteiger partial charge in [0.1, 0.15) is 0 Å². The predicted molar refractivity (Wildman–Crippen MR) is 120 cm³/mol. The van der Waals surface area contributed by atoms with E-state index in [0.29, 0.717) is 6.61 Å². The summed E-state index contributed by atoms with van der Waals surface area (Å²) in [6.07, 6.45) is 1.90. The van der Waals surface area contributed by atoms with E-state index >= 15 is 0 Å². The fourth-order valence-electron chi connectivity index (χ4n) is 3.22. The summed E-state index contributed by atoms with van der Waals surface area (Å²) in [6, 6.07) is 14.6. The Morgan fingerprint density at radius 3 is 2.75 bits per heavy atom. The van der Waals surface area contributed by atoms with Crippen LogP contribution >= 0.6 is 34.7 Å². The number of rotatable bonds is 7. The van der Waals surface area contributed by atoms with Gasteiger partial charge in [0.25, 0.3) is 0 Å². The van der Waals surface area contributed by atoms with Crippen LogP contribution in [-0.4, -0.2) is 43.7 Å². The Labute approximate surface area is 179 Å². The van der Waals surface area contributed by atoms with Crippen LogP contribution in [0.5, 0.6) is 0 Å². The number of benzene rings is 2. The molecule has 0 N–H and O–H groups in total. The summed E-state index contributed by atoms with van der Waals surface area (Å²) in [4.78, 5) is 10.8. The van der Waals surface area contributed by atoms with Crippen LogP contribution in [0.1, 0.15) is 11.4 Å². The Balaban J connectivity index is 1.57. The molecule has 0 saturated carbocycles. The molecule has 4 rings (SSSR count). The summed E-state index contributed by atoms with van der Waals surface area (Å²) in [5.74, 6) is 0. The van der Waals surface area contributed by atoms with Gasteiger partial charge in [-0.1, -0.05) is 47.6 Å². The second-order valence-electron chi connectivity index (χ2n) is 7.04. The van der Waals surface area contributed by atoms with Crippen molar-refractivity contribution in [1.82, 2.24) is 9.88 Å². The zero-order valence-corrected chi connectivity index (χ0v) is 18.5. The van der Waals surface area contributed by atoms with E-state index in [2.05, 4.69) is 49.3 Å². The van der Waals surface area contributed by atoms with Gasteiger partial charge in [-0.15, -0.1) is 11.3 Å². The molecular formula is C22H23ClN2OS2. The molecule has 0 saturated heterocycles. The summed E-state index contributed by atoms with van der Waals surface area (Å²) in [5.41, 5.74) is 3.48. The maximum atomic E-state index is 6.27. The SMILES string of the molecule is CN(C)CCCOCCc1nc2c(s1)-c1ccccc1Sc1cc(Cl)ccc1-2. The van der Waals surface area contributed by atoms with Crippen molar-refractivity contribution in [3.05, 3.63) is 52.5 Å². The Hall–Kier alpha value is -1.37. The van der Waals surface area contributed by atoms with Crippen molar-refractivity contribution in [2.75, 3.05) is 33.9 Å². The maximum Gasteiger partial charge on any atom is 0.0962 e. The van der Waals surface area contributed by atoms with Gasteiger partial charge < -0.3 is 9.64 Å². The molecule has 0 atom stereocenters. The summed E-state index contributed by atoms with van der Waals surface area (Å²) < 4.78 is 5.82. The predicted octanol–water partition coefficient (Wildman–Crippen LogP) is 6.11. The van der Waals surface area contributed by atoms with Crippen molar-refractivity contribution in [1.29, 1.82) is 0 Å². The van der Waals surface area contributed by atoms with Crippen LogP contribution in [-0.2, 0) is 11.2 Å². The molecule has 1 aliphatic heterocycles. The average Bonchev–Trinajstić information content (AvgIpc) is 3.03. The van der Waals surface area contributed by atoms with Gasteiger partial charge in [-0.05, 0) is 45.3 Å². The summed E-state index contributed by atoms with van der Waals surface area (Å²) in [7, 11) is 4.17. The monoisotopic (exact) mass is 430 g/mol. The van der Waals surface area contributed by atoms with E-state index in [1.165, 1.54) is 15.3 Å². The lowest BCUT2D eigenvalue weighted by molar-refractivity contribution is 0.128. The lowest BCUT2D eigenvalue weighted by atomic mass is 10.1. The molecule has 2 aromatic carbocycles. The van der Waals surface area contributed by atoms with Crippen LogP contribution in [0.25, 0.3) is 21.7 Å². The Morgan fingerprint density at radius 1 is 1.04 bits per heavy atom. The molecule has 6 heteroatoms. The number of nitrogens with zero attached hydrogens (tertiary/aromatic N) is 2. The highest BCUT2D eigenvalue weighted by atomic mass is 35.5. The maximum absolute atomic E-state index is 6.27. The molecule has 146 valence electrons. The molecular weight excluding hydrogens is 408 g/mol. The topological polar surface area (TPSA) is 25.4 Å². The number of fused-ring (bicyclic) bond motifs is 5. The third kappa shape index (κ3) is 4.44. The van der Waals surface area contributed by atoms with Crippen LogP contribution in [0.15, 0.2) is 52.3 Å². The minimum atomic E-state index is 0.712. The molecule has 0 radical (unpaired) electrons. The number of ether oxygens (including phenoxy) is 1. The van der Waals surface area contributed by atoms with Crippen molar-refractivity contribution in [2.24, 2.45) is 0 Å². The molecule has 28 heavy (non-hydrogen) atoms. The van der Waals surface area contributed by atoms with Crippen LogP contribution in [0.2, 0.25) is 5.02 Å². The van der Waals surface area contributed by atoms with Gasteiger partial charge >= 0.3 is 0 Å². The standard InChI is InChI=1S/C22H23ClN2OS2/c1-25(2)11-5-12-26-13-10-20-24-21-16-9-8-15(23)14-19(16)27-18-7-4-3-6-17(18)22(21)28-20/h3-4,6-9,14H,5,10-13H2,1-2H3. The first-order chi connectivity index (χ1) is 13.6. The number of aromatic nitrogens is 1. The first-order valence-electron chi connectivity index (χ1n) is 9.41. The number of hydrogen-bond donors (Lipinski definition) is 0. The first-order valence-corrected chi connectivity index (χ1v) is 11.4. The highest BCUT2D eigenvalue weighted by Gasteiger charge is 2.24. The van der Waals surface area contributed by atoms with Crippen LogP contribution in [0, 0.1) is 0 Å². The van der Waals surface area contributed by atoms with Gasteiger partial charge in [-0.3, -0.25) is 0 Å². The minimum Gasteiger partial charge on any atom is -0.381 e. The highest BCUT2D eigenvalue weighted by molar-refractivity contribution is 7.99. The third-order valence-corrected chi connectivity index (χ3v) is 7.09. The van der Waals surface area contributed by atoms with Crippen molar-refractivity contribution < 1.29 is 4.74 Å². The molecule has 2 heterocycles. The molecule has 0 bridgehead atoms. The summed E-state index contributed by atoms with van der Waals surface area (Å²) in [6.45, 7) is 2.56. The molecule has 0 spiro atoms. The normalized spacial score (nSPS) is 12.4. The zero-order valence-electron chi connectivity index (χ0n) is 16.1. The van der Waals surface area contributed by atoms with Crippen molar-refractivity contribution in [3.8, 4) is 21.7 Å². The van der Waals surface area contributed by atoms with Gasteiger partial charge in [-0.25, -0.2) is 4.98 Å². The van der Waals surface area contributed by atoms with Gasteiger partial charge in [-0.2, -0.15) is 0 Å². The second kappa shape index (κ2) is 8.97. The molecule has 0 aliphatic carbocycles. The van der Waals surface area contributed by atoms with E-state index in [4.69, 9.17) is 21.3 Å². The van der Waals surface area contributed by atoms with Crippen LogP contribution in [0.3, 0.4) is 0 Å². The van der Waals surface area contributed by atoms with E-state index < -0.39 is 0 Å². The van der Waals surface area contributed by atoms with Gasteiger partial charge in [0.05, 0.1) is 22.2 Å². The quantitative estimate of drug-likeness (QED) is 0.330. The van der Waals surface area contributed by atoms with Gasteiger partial charge in [0, 0.05) is 39.0 Å². The van der Waals surface area contributed by atoms with Crippen LogP contribution in [0.4, 0.5) is 0 Å². The smallest absolute Gasteiger partial charge is 0.0962 e. The molecule has 3 aromatic rings. The van der Waals surface area contributed by atoms with Crippen LogP contribution < -0.4 is 0 Å². The third-order valence-electron chi connectivity index (χ3n) is 4.58. The molecule has 3 nitrogen and oxygen atoms in total. The van der Waals surface area contributed by atoms with Crippen molar-refractivity contribution in [2.45, 2.75) is 22.6 Å². The minimum absolute atomic E-state index is 0.712. The van der Waals surface area contributed by atoms with Gasteiger partial charge in [0.15, 0.2) is 0 Å². The highest BCUT2D eigenvalue weighted by Crippen LogP contribution is 2.50. The summed E-state index contributed by atoms with van der Waals surface area (Å²) in [5, 5.41) is 1.88. The van der Waals surface area contributed by atoms with E-state index in [-0.39, 0.29) is 0 Å². The Morgan fingerprint density at radius 2 is 1.89 bits per heavy atom. The summed E-state index contributed by atoms with van der Waals surface area (Å²) >= 11 is 9.82. The van der Waals surface area contributed by atoms with Crippen molar-refractivity contribution >= 4 is 34.7 Å². The number of halogens is 1. The molecule has 1 aromatic heterocycles. The molecule has 0 amide bonds. The average molecular weight is 431 g/mol. The van der Waals surface area contributed by atoms with Gasteiger partial charge in [0.2, 0.25) is 0 Å². The number of hydrogen-bond acceptors (Lipinski definition) is 5. The lowest BCUT2D eigenvalue weighted by Gasteiger charge is -2.09. The Kier molecular flexibility index (Phi) is 6.38. The molecule has 0 fully saturated rings. The fourth-order valence-corrected chi connectivity index (χ4v) is 5.74. The molecule has 0 unspecified atom stereocenters. The van der Waals surface area contributed by atoms with E-state index in [0.717, 1.165) is 52.2 Å².